The van der Waals surface area contributed by atoms with Crippen molar-refractivity contribution in [2.24, 2.45) is 5.92 Å². The molecule has 1 aromatic rings. The van der Waals surface area contributed by atoms with Gasteiger partial charge >= 0.3 is 12.1 Å². The van der Waals surface area contributed by atoms with E-state index in [9.17, 15) is 9.59 Å². The van der Waals surface area contributed by atoms with Gasteiger partial charge in [0.2, 0.25) is 0 Å². The number of urea groups is 1. The van der Waals surface area contributed by atoms with Gasteiger partial charge in [-0.25, -0.2) is 9.59 Å². The monoisotopic (exact) mass is 305 g/mol. The molecule has 6 heteroatoms. The van der Waals surface area contributed by atoms with Crippen molar-refractivity contribution in [2.75, 3.05) is 17.7 Å². The molecule has 0 saturated heterocycles. The predicted molar refractivity (Wildman–Crippen MR) is 86.0 cm³/mol. The lowest BCUT2D eigenvalue weighted by atomic mass is 9.87. The molecule has 0 aliphatic heterocycles. The quantitative estimate of drug-likeness (QED) is 0.798. The highest BCUT2D eigenvalue weighted by Gasteiger charge is 2.20. The van der Waals surface area contributed by atoms with Crippen LogP contribution in [-0.4, -0.2) is 25.3 Å². The molecule has 0 radical (unpaired) electrons. The van der Waals surface area contributed by atoms with Crippen molar-refractivity contribution in [3.05, 3.63) is 24.3 Å². The maximum absolute atomic E-state index is 12.0. The van der Waals surface area contributed by atoms with Crippen LogP contribution < -0.4 is 16.0 Å². The lowest BCUT2D eigenvalue weighted by Crippen LogP contribution is -2.40. The maximum Gasteiger partial charge on any atom is 0.411 e. The molecule has 1 saturated carbocycles. The number of nitrogens with one attached hydrogen (secondary N) is 3. The first kappa shape index (κ1) is 16.1. The zero-order chi connectivity index (χ0) is 15.9. The minimum absolute atomic E-state index is 0.187. The molecule has 1 aliphatic carbocycles. The molecule has 0 bridgehead atoms. The predicted octanol–water partition coefficient (Wildman–Crippen LogP) is 3.57. The Morgan fingerprint density at radius 3 is 2.32 bits per heavy atom. The van der Waals surface area contributed by atoms with E-state index in [1.807, 2.05) is 0 Å². The highest BCUT2D eigenvalue weighted by molar-refractivity contribution is 5.90. The Hall–Kier alpha value is -2.24. The number of carbonyl (C=O) groups is 2. The van der Waals surface area contributed by atoms with Crippen molar-refractivity contribution in [3.8, 4) is 0 Å². The summed E-state index contributed by atoms with van der Waals surface area (Å²) in [5.74, 6) is 0.669. The molecule has 2 rings (SSSR count). The Morgan fingerprint density at radius 1 is 1.09 bits per heavy atom. The fourth-order valence-corrected chi connectivity index (χ4v) is 2.72. The number of hydrogen-bond acceptors (Lipinski definition) is 3. The van der Waals surface area contributed by atoms with Gasteiger partial charge in [0.05, 0.1) is 7.11 Å². The second-order valence-corrected chi connectivity index (χ2v) is 5.76. The number of ether oxygens (including phenoxy) is 1. The van der Waals surface area contributed by atoms with E-state index in [1.54, 1.807) is 24.3 Å². The van der Waals surface area contributed by atoms with Crippen LogP contribution in [0.1, 0.15) is 32.6 Å². The normalized spacial score (nSPS) is 20.8. The van der Waals surface area contributed by atoms with Crippen LogP contribution in [0.15, 0.2) is 24.3 Å². The van der Waals surface area contributed by atoms with E-state index in [0.29, 0.717) is 17.3 Å². The average Bonchev–Trinajstić information content (AvgIpc) is 2.49. The van der Waals surface area contributed by atoms with Crippen molar-refractivity contribution in [1.82, 2.24) is 5.32 Å². The highest BCUT2D eigenvalue weighted by atomic mass is 16.5. The zero-order valence-corrected chi connectivity index (χ0v) is 13.0. The van der Waals surface area contributed by atoms with Gasteiger partial charge in [0.15, 0.2) is 0 Å². The second kappa shape index (κ2) is 7.68. The van der Waals surface area contributed by atoms with Gasteiger partial charge in [-0.15, -0.1) is 0 Å². The molecule has 0 spiro atoms. The first-order chi connectivity index (χ1) is 10.6. The Labute approximate surface area is 130 Å². The smallest absolute Gasteiger partial charge is 0.411 e. The summed E-state index contributed by atoms with van der Waals surface area (Å²) < 4.78 is 4.51. The molecule has 2 unspecified atom stereocenters. The lowest BCUT2D eigenvalue weighted by molar-refractivity contribution is 0.187. The fourth-order valence-electron chi connectivity index (χ4n) is 2.72. The average molecular weight is 305 g/mol. The molecule has 2 atom stereocenters. The molecule has 3 amide bonds. The van der Waals surface area contributed by atoms with Crippen molar-refractivity contribution >= 4 is 23.5 Å². The summed E-state index contributed by atoms with van der Waals surface area (Å²) >= 11 is 0. The van der Waals surface area contributed by atoms with Gasteiger partial charge in [-0.2, -0.15) is 0 Å². The van der Waals surface area contributed by atoms with Crippen LogP contribution in [0.2, 0.25) is 0 Å². The summed E-state index contributed by atoms with van der Waals surface area (Å²) in [5, 5.41) is 8.37. The third kappa shape index (κ3) is 4.95. The van der Waals surface area contributed by atoms with E-state index in [0.717, 1.165) is 12.8 Å². The first-order valence-corrected chi connectivity index (χ1v) is 7.59. The molecular formula is C16H23N3O3. The number of methoxy groups -OCH3 is 1. The molecule has 6 nitrogen and oxygen atoms in total. The van der Waals surface area contributed by atoms with E-state index in [1.165, 1.54) is 20.0 Å². The zero-order valence-electron chi connectivity index (χ0n) is 13.0. The third-order valence-corrected chi connectivity index (χ3v) is 3.85. The van der Waals surface area contributed by atoms with Crippen LogP contribution >= 0.6 is 0 Å². The standard InChI is InChI=1S/C16H23N3O3/c1-11-4-3-5-14(10-11)18-15(20)17-12-6-8-13(9-7-12)19-16(21)22-2/h6-9,11,14H,3-5,10H2,1-2H3,(H,19,21)(H2,17,18,20). The van der Waals surface area contributed by atoms with Gasteiger partial charge in [-0.3, -0.25) is 5.32 Å². The minimum atomic E-state index is -0.523. The number of anilines is 2. The number of amides is 3. The highest BCUT2D eigenvalue weighted by Crippen LogP contribution is 2.23. The van der Waals surface area contributed by atoms with E-state index < -0.39 is 6.09 Å². The fraction of sp³-hybridized carbons (Fsp3) is 0.500. The van der Waals surface area contributed by atoms with Gasteiger partial charge in [0.1, 0.15) is 0 Å². The van der Waals surface area contributed by atoms with Crippen LogP contribution in [0.3, 0.4) is 0 Å². The Morgan fingerprint density at radius 2 is 1.73 bits per heavy atom. The lowest BCUT2D eigenvalue weighted by Gasteiger charge is -2.27. The van der Waals surface area contributed by atoms with E-state index in [-0.39, 0.29) is 12.1 Å². The van der Waals surface area contributed by atoms with E-state index in [2.05, 4.69) is 27.6 Å². The van der Waals surface area contributed by atoms with Crippen LogP contribution in [0, 0.1) is 5.92 Å². The maximum atomic E-state index is 12.0. The topological polar surface area (TPSA) is 79.5 Å². The van der Waals surface area contributed by atoms with Crippen molar-refractivity contribution in [1.29, 1.82) is 0 Å². The van der Waals surface area contributed by atoms with Crippen LogP contribution in [0.25, 0.3) is 0 Å². The van der Waals surface area contributed by atoms with Crippen LogP contribution in [0.5, 0.6) is 0 Å². The number of hydrogen-bond donors (Lipinski definition) is 3. The van der Waals surface area contributed by atoms with E-state index >= 15 is 0 Å². The number of carbonyl (C=O) groups excluding carboxylic acids is 2. The van der Waals surface area contributed by atoms with Gasteiger partial charge in [0, 0.05) is 17.4 Å². The largest absolute Gasteiger partial charge is 0.453 e. The number of benzene rings is 1. The molecule has 0 heterocycles. The van der Waals surface area contributed by atoms with Crippen LogP contribution in [-0.2, 0) is 4.74 Å². The first-order valence-electron chi connectivity index (χ1n) is 7.59. The number of rotatable bonds is 3. The third-order valence-electron chi connectivity index (χ3n) is 3.85. The summed E-state index contributed by atoms with van der Waals surface area (Å²) in [6, 6.07) is 6.93. The molecular weight excluding hydrogens is 282 g/mol. The summed E-state index contributed by atoms with van der Waals surface area (Å²) in [6.45, 7) is 2.22. The minimum Gasteiger partial charge on any atom is -0.453 e. The molecule has 1 aliphatic rings. The summed E-state index contributed by atoms with van der Waals surface area (Å²) in [7, 11) is 1.31. The summed E-state index contributed by atoms with van der Waals surface area (Å²) in [4.78, 5) is 23.1. The molecule has 1 fully saturated rings. The van der Waals surface area contributed by atoms with Crippen molar-refractivity contribution in [2.45, 2.75) is 38.6 Å². The molecule has 0 aromatic heterocycles. The van der Waals surface area contributed by atoms with Gasteiger partial charge in [-0.1, -0.05) is 19.8 Å². The summed E-state index contributed by atoms with van der Waals surface area (Å²) in [5.41, 5.74) is 1.29. The Bertz CT molecular complexity index is 516. The Kier molecular flexibility index (Phi) is 5.63. The SMILES string of the molecule is COC(=O)Nc1ccc(NC(=O)NC2CCCC(C)C2)cc1. The van der Waals surface area contributed by atoms with Gasteiger partial charge in [0.25, 0.3) is 0 Å². The van der Waals surface area contributed by atoms with Crippen molar-refractivity contribution < 1.29 is 14.3 Å². The summed E-state index contributed by atoms with van der Waals surface area (Å²) in [6.07, 6.45) is 3.97. The molecule has 3 N–H and O–H groups in total. The molecule has 22 heavy (non-hydrogen) atoms. The van der Waals surface area contributed by atoms with E-state index in [4.69, 9.17) is 0 Å². The van der Waals surface area contributed by atoms with Gasteiger partial charge < -0.3 is 15.4 Å². The Balaban J connectivity index is 1.82. The second-order valence-electron chi connectivity index (χ2n) is 5.76. The molecule has 1 aromatic carbocycles. The van der Waals surface area contributed by atoms with Crippen LogP contribution in [0.4, 0.5) is 21.0 Å². The van der Waals surface area contributed by atoms with Crippen molar-refractivity contribution in [3.63, 3.8) is 0 Å². The van der Waals surface area contributed by atoms with Gasteiger partial charge in [-0.05, 0) is 43.0 Å². The molecule has 120 valence electrons.